The third-order valence-corrected chi connectivity index (χ3v) is 4.24. The highest BCUT2D eigenvalue weighted by Crippen LogP contribution is 2.24. The molecule has 0 aliphatic heterocycles. The van der Waals surface area contributed by atoms with Crippen LogP contribution in [-0.4, -0.2) is 11.7 Å². The monoisotopic (exact) mass is 282 g/mol. The van der Waals surface area contributed by atoms with E-state index in [0.717, 1.165) is 4.21 Å². The maximum atomic E-state index is 13.4. The number of carbonyl (C=O) groups excluding carboxylic acids is 1. The van der Waals surface area contributed by atoms with Gasteiger partial charge in [-0.05, 0) is 29.6 Å². The fourth-order valence-corrected chi connectivity index (χ4v) is 2.89. The molecule has 1 amide bonds. The lowest BCUT2D eigenvalue weighted by Crippen LogP contribution is -2.15. The Morgan fingerprint density at radius 3 is 3.00 bits per heavy atom. The fraction of sp³-hybridized carbons (Fsp3) is 0.0833. The van der Waals surface area contributed by atoms with Crippen LogP contribution < -0.4 is 11.1 Å². The molecule has 18 heavy (non-hydrogen) atoms. The van der Waals surface area contributed by atoms with E-state index in [2.05, 4.69) is 5.32 Å². The number of amides is 1. The summed E-state index contributed by atoms with van der Waals surface area (Å²) in [6.07, 6.45) is 0. The Labute approximate surface area is 112 Å². The second-order valence-electron chi connectivity index (χ2n) is 3.51. The van der Waals surface area contributed by atoms with Crippen LogP contribution in [0.15, 0.2) is 39.9 Å². The van der Waals surface area contributed by atoms with Crippen LogP contribution in [0.4, 0.5) is 15.8 Å². The first-order valence-corrected chi connectivity index (χ1v) is 7.03. The summed E-state index contributed by atoms with van der Waals surface area (Å²) in [5.74, 6) is -0.494. The lowest BCUT2D eigenvalue weighted by molar-refractivity contribution is -0.113. The van der Waals surface area contributed by atoms with Crippen LogP contribution in [0.5, 0.6) is 0 Å². The predicted octanol–water partition coefficient (Wildman–Crippen LogP) is 3.20. The minimum Gasteiger partial charge on any atom is -0.399 e. The van der Waals surface area contributed by atoms with E-state index < -0.39 is 5.82 Å². The van der Waals surface area contributed by atoms with Crippen molar-refractivity contribution in [2.45, 2.75) is 4.21 Å². The molecule has 0 aliphatic carbocycles. The van der Waals surface area contributed by atoms with Crippen LogP contribution in [-0.2, 0) is 4.79 Å². The molecule has 0 atom stereocenters. The van der Waals surface area contributed by atoms with E-state index in [1.807, 2.05) is 17.5 Å². The van der Waals surface area contributed by atoms with Crippen molar-refractivity contribution in [3.8, 4) is 0 Å². The molecule has 1 aromatic carbocycles. The van der Waals surface area contributed by atoms with Gasteiger partial charge < -0.3 is 11.1 Å². The molecule has 0 unspecified atom stereocenters. The average Bonchev–Trinajstić information content (AvgIpc) is 2.84. The second kappa shape index (κ2) is 5.88. The quantitative estimate of drug-likeness (QED) is 0.669. The molecule has 1 aromatic heterocycles. The summed E-state index contributed by atoms with van der Waals surface area (Å²) in [5.41, 5.74) is 6.06. The number of rotatable bonds is 4. The molecule has 0 aliphatic rings. The van der Waals surface area contributed by atoms with E-state index in [4.69, 9.17) is 5.73 Å². The zero-order chi connectivity index (χ0) is 13.0. The van der Waals surface area contributed by atoms with Gasteiger partial charge in [-0.15, -0.1) is 23.1 Å². The summed E-state index contributed by atoms with van der Waals surface area (Å²) >= 11 is 2.98. The van der Waals surface area contributed by atoms with Crippen molar-refractivity contribution in [1.29, 1.82) is 0 Å². The number of thioether (sulfide) groups is 1. The molecule has 2 aromatic rings. The number of hydrogen-bond acceptors (Lipinski definition) is 4. The Balaban J connectivity index is 1.92. The maximum Gasteiger partial charge on any atom is 0.234 e. The lowest BCUT2D eigenvalue weighted by atomic mass is 10.2. The molecule has 0 saturated heterocycles. The number of nitrogens with one attached hydrogen (secondary N) is 1. The largest absolute Gasteiger partial charge is 0.399 e. The number of thiophene rings is 1. The van der Waals surface area contributed by atoms with Crippen molar-refractivity contribution < 1.29 is 9.18 Å². The zero-order valence-corrected chi connectivity index (χ0v) is 11.0. The molecule has 3 nitrogen and oxygen atoms in total. The van der Waals surface area contributed by atoms with Crippen LogP contribution in [0.1, 0.15) is 0 Å². The molecule has 0 spiro atoms. The Hall–Kier alpha value is -1.53. The summed E-state index contributed by atoms with van der Waals surface area (Å²) in [7, 11) is 0. The second-order valence-corrected chi connectivity index (χ2v) is 5.73. The van der Waals surface area contributed by atoms with Gasteiger partial charge in [0, 0.05) is 5.69 Å². The van der Waals surface area contributed by atoms with Gasteiger partial charge in [-0.2, -0.15) is 0 Å². The van der Waals surface area contributed by atoms with Gasteiger partial charge in [0.25, 0.3) is 0 Å². The SMILES string of the molecule is Nc1ccc(F)c(NC(=O)CSc2cccs2)c1. The highest BCUT2D eigenvalue weighted by atomic mass is 32.2. The number of nitrogens with two attached hydrogens (primary N) is 1. The van der Waals surface area contributed by atoms with Crippen molar-refractivity contribution >= 4 is 40.4 Å². The van der Waals surface area contributed by atoms with Crippen LogP contribution >= 0.6 is 23.1 Å². The predicted molar refractivity (Wildman–Crippen MR) is 74.5 cm³/mol. The first-order valence-electron chi connectivity index (χ1n) is 5.16. The Kier molecular flexibility index (Phi) is 4.22. The van der Waals surface area contributed by atoms with E-state index in [0.29, 0.717) is 5.69 Å². The molecule has 6 heteroatoms. The van der Waals surface area contributed by atoms with Gasteiger partial charge in [-0.3, -0.25) is 4.79 Å². The number of carbonyl (C=O) groups is 1. The first-order chi connectivity index (χ1) is 8.65. The van der Waals surface area contributed by atoms with Gasteiger partial charge in [-0.1, -0.05) is 6.07 Å². The third kappa shape index (κ3) is 3.48. The summed E-state index contributed by atoms with van der Waals surface area (Å²) in [6.45, 7) is 0. The molecule has 0 bridgehead atoms. The normalized spacial score (nSPS) is 10.3. The number of anilines is 2. The smallest absolute Gasteiger partial charge is 0.234 e. The minimum absolute atomic E-state index is 0.117. The van der Waals surface area contributed by atoms with Crippen molar-refractivity contribution in [2.75, 3.05) is 16.8 Å². The zero-order valence-electron chi connectivity index (χ0n) is 9.35. The molecule has 3 N–H and O–H groups in total. The van der Waals surface area contributed by atoms with Crippen molar-refractivity contribution in [2.24, 2.45) is 0 Å². The van der Waals surface area contributed by atoms with E-state index in [1.54, 1.807) is 11.3 Å². The molecule has 1 heterocycles. The van der Waals surface area contributed by atoms with Gasteiger partial charge in [-0.25, -0.2) is 4.39 Å². The topological polar surface area (TPSA) is 55.1 Å². The van der Waals surface area contributed by atoms with Gasteiger partial charge in [0.05, 0.1) is 15.6 Å². The highest BCUT2D eigenvalue weighted by molar-refractivity contribution is 8.01. The summed E-state index contributed by atoms with van der Waals surface area (Å²) < 4.78 is 14.4. The van der Waals surface area contributed by atoms with Crippen molar-refractivity contribution in [1.82, 2.24) is 0 Å². The summed E-state index contributed by atoms with van der Waals surface area (Å²) in [4.78, 5) is 11.6. The van der Waals surface area contributed by atoms with Gasteiger partial charge in [0.2, 0.25) is 5.91 Å². The van der Waals surface area contributed by atoms with Gasteiger partial charge in [0.1, 0.15) is 5.82 Å². The molecule has 0 saturated carbocycles. The van der Waals surface area contributed by atoms with E-state index in [1.165, 1.54) is 30.0 Å². The summed E-state index contributed by atoms with van der Waals surface area (Å²) in [5, 5.41) is 4.45. The van der Waals surface area contributed by atoms with E-state index >= 15 is 0 Å². The molecule has 0 fully saturated rings. The lowest BCUT2D eigenvalue weighted by Gasteiger charge is -2.06. The Morgan fingerprint density at radius 2 is 2.28 bits per heavy atom. The van der Waals surface area contributed by atoms with Crippen molar-refractivity contribution in [3.05, 3.63) is 41.5 Å². The van der Waals surface area contributed by atoms with Crippen LogP contribution in [0.2, 0.25) is 0 Å². The number of hydrogen-bond donors (Lipinski definition) is 2. The number of benzene rings is 1. The Bertz CT molecular complexity index is 543. The van der Waals surface area contributed by atoms with Crippen molar-refractivity contribution in [3.63, 3.8) is 0 Å². The molecule has 94 valence electrons. The average molecular weight is 282 g/mol. The Morgan fingerprint density at radius 1 is 1.44 bits per heavy atom. The van der Waals surface area contributed by atoms with Crippen LogP contribution in [0, 0.1) is 5.82 Å². The molecule has 0 radical (unpaired) electrons. The molecular formula is C12H11FN2OS2. The van der Waals surface area contributed by atoms with Gasteiger partial charge >= 0.3 is 0 Å². The first kappa shape index (κ1) is 12.9. The number of nitrogen functional groups attached to an aromatic ring is 1. The van der Waals surface area contributed by atoms with Crippen LogP contribution in [0.25, 0.3) is 0 Å². The van der Waals surface area contributed by atoms with E-state index in [-0.39, 0.29) is 17.3 Å². The third-order valence-electron chi connectivity index (χ3n) is 2.11. The fourth-order valence-electron chi connectivity index (χ4n) is 1.31. The van der Waals surface area contributed by atoms with Crippen LogP contribution in [0.3, 0.4) is 0 Å². The number of halogens is 1. The highest BCUT2D eigenvalue weighted by Gasteiger charge is 2.08. The summed E-state index contributed by atoms with van der Waals surface area (Å²) in [6, 6.07) is 7.94. The van der Waals surface area contributed by atoms with E-state index in [9.17, 15) is 9.18 Å². The molecule has 2 rings (SSSR count). The standard InChI is InChI=1S/C12H11FN2OS2/c13-9-4-3-8(14)6-10(9)15-11(16)7-18-12-2-1-5-17-12/h1-6H,7,14H2,(H,15,16). The molecular weight excluding hydrogens is 271 g/mol. The van der Waals surface area contributed by atoms with Gasteiger partial charge in [0.15, 0.2) is 0 Å². The minimum atomic E-state index is -0.487. The maximum absolute atomic E-state index is 13.4.